The van der Waals surface area contributed by atoms with Crippen LogP contribution in [0, 0.1) is 0 Å². The normalized spacial score (nSPS) is 18.4. The van der Waals surface area contributed by atoms with E-state index in [1.54, 1.807) is 0 Å². The maximum atomic E-state index is 5.26. The Labute approximate surface area is 84.9 Å². The first-order valence-corrected chi connectivity index (χ1v) is 5.64. The van der Waals surface area contributed by atoms with E-state index in [1.807, 2.05) is 0 Å². The summed E-state index contributed by atoms with van der Waals surface area (Å²) in [6, 6.07) is 0. The number of aromatic nitrogens is 2. The van der Waals surface area contributed by atoms with E-state index >= 15 is 0 Å². The first-order valence-electron chi connectivity index (χ1n) is 5.64. The molecule has 3 heteroatoms. The van der Waals surface area contributed by atoms with Crippen molar-refractivity contribution in [1.82, 2.24) is 10.1 Å². The maximum Gasteiger partial charge on any atom is 0.229 e. The first-order chi connectivity index (χ1) is 6.81. The highest BCUT2D eigenvalue weighted by atomic mass is 16.5. The van der Waals surface area contributed by atoms with Crippen molar-refractivity contribution in [2.24, 2.45) is 0 Å². The van der Waals surface area contributed by atoms with Gasteiger partial charge in [0.05, 0.1) is 0 Å². The third-order valence-electron chi connectivity index (χ3n) is 2.81. The molecule has 78 valence electrons. The zero-order valence-corrected chi connectivity index (χ0v) is 8.99. The van der Waals surface area contributed by atoms with E-state index in [2.05, 4.69) is 24.0 Å². The van der Waals surface area contributed by atoms with Crippen molar-refractivity contribution in [2.75, 3.05) is 0 Å². The van der Waals surface area contributed by atoms with Crippen LogP contribution in [0.1, 0.15) is 69.5 Å². The van der Waals surface area contributed by atoms with Crippen LogP contribution in [0.15, 0.2) is 4.52 Å². The van der Waals surface area contributed by atoms with Crippen LogP contribution in [-0.2, 0) is 0 Å². The van der Waals surface area contributed by atoms with Gasteiger partial charge in [-0.15, -0.1) is 0 Å². The van der Waals surface area contributed by atoms with Crippen LogP contribution in [0.3, 0.4) is 0 Å². The molecule has 3 nitrogen and oxygen atoms in total. The second kappa shape index (κ2) is 4.11. The highest BCUT2D eigenvalue weighted by Crippen LogP contribution is 2.38. The van der Waals surface area contributed by atoms with Crippen molar-refractivity contribution in [3.63, 3.8) is 0 Å². The third-order valence-corrected chi connectivity index (χ3v) is 2.81. The lowest BCUT2D eigenvalue weighted by Crippen LogP contribution is -1.94. The van der Waals surface area contributed by atoms with Crippen LogP contribution in [0.25, 0.3) is 0 Å². The Bertz CT molecular complexity index is 291. The van der Waals surface area contributed by atoms with E-state index < -0.39 is 0 Å². The summed E-state index contributed by atoms with van der Waals surface area (Å²) in [7, 11) is 0. The van der Waals surface area contributed by atoms with Gasteiger partial charge >= 0.3 is 0 Å². The number of hydrogen-bond acceptors (Lipinski definition) is 3. The van der Waals surface area contributed by atoms with Crippen LogP contribution in [0.2, 0.25) is 0 Å². The lowest BCUT2D eigenvalue weighted by molar-refractivity contribution is 0.347. The molecule has 1 aromatic heterocycles. The van der Waals surface area contributed by atoms with Crippen molar-refractivity contribution in [2.45, 2.75) is 57.8 Å². The topological polar surface area (TPSA) is 38.9 Å². The highest BCUT2D eigenvalue weighted by Gasteiger charge is 2.29. The molecule has 14 heavy (non-hydrogen) atoms. The minimum Gasteiger partial charge on any atom is -0.339 e. The molecule has 2 rings (SSSR count). The molecule has 1 aromatic rings. The fourth-order valence-electron chi connectivity index (χ4n) is 1.59. The number of nitrogens with zero attached hydrogens (tertiary/aromatic N) is 2. The lowest BCUT2D eigenvalue weighted by atomic mass is 10.0. The van der Waals surface area contributed by atoms with Crippen LogP contribution in [0.5, 0.6) is 0 Å². The van der Waals surface area contributed by atoms with Crippen molar-refractivity contribution >= 4 is 0 Å². The molecule has 1 heterocycles. The Morgan fingerprint density at radius 2 is 2.29 bits per heavy atom. The summed E-state index contributed by atoms with van der Waals surface area (Å²) in [5.41, 5.74) is 0. The van der Waals surface area contributed by atoms with Crippen molar-refractivity contribution in [1.29, 1.82) is 0 Å². The van der Waals surface area contributed by atoms with Gasteiger partial charge in [0.15, 0.2) is 5.82 Å². The summed E-state index contributed by atoms with van der Waals surface area (Å²) in [5, 5.41) is 4.02. The molecule has 1 aliphatic carbocycles. The monoisotopic (exact) mass is 194 g/mol. The van der Waals surface area contributed by atoms with Crippen LogP contribution in [-0.4, -0.2) is 10.1 Å². The SMILES string of the molecule is CCCCC(C)c1nc(C2CC2)no1. The van der Waals surface area contributed by atoms with E-state index in [0.29, 0.717) is 11.8 Å². The molecular formula is C11H18N2O. The van der Waals surface area contributed by atoms with Gasteiger partial charge in [0.1, 0.15) is 0 Å². The summed E-state index contributed by atoms with van der Waals surface area (Å²) >= 11 is 0. The molecule has 1 unspecified atom stereocenters. The number of unbranched alkanes of at least 4 members (excludes halogenated alkanes) is 1. The minimum absolute atomic E-state index is 0.426. The summed E-state index contributed by atoms with van der Waals surface area (Å²) in [6.45, 7) is 4.37. The Balaban J connectivity index is 1.93. The predicted molar refractivity (Wildman–Crippen MR) is 54.2 cm³/mol. The molecule has 0 radical (unpaired) electrons. The van der Waals surface area contributed by atoms with Crippen molar-refractivity contribution in [3.05, 3.63) is 11.7 Å². The second-order valence-electron chi connectivity index (χ2n) is 4.31. The zero-order valence-electron chi connectivity index (χ0n) is 8.99. The van der Waals surface area contributed by atoms with Gasteiger partial charge in [-0.1, -0.05) is 31.8 Å². The van der Waals surface area contributed by atoms with Crippen molar-refractivity contribution in [3.8, 4) is 0 Å². The Kier molecular flexibility index (Phi) is 2.85. The minimum atomic E-state index is 0.426. The third kappa shape index (κ3) is 2.14. The van der Waals surface area contributed by atoms with Crippen LogP contribution in [0.4, 0.5) is 0 Å². The fourth-order valence-corrected chi connectivity index (χ4v) is 1.59. The summed E-state index contributed by atoms with van der Waals surface area (Å²) in [6.07, 6.45) is 6.10. The smallest absolute Gasteiger partial charge is 0.229 e. The highest BCUT2D eigenvalue weighted by molar-refractivity contribution is 5.04. The quantitative estimate of drug-likeness (QED) is 0.722. The molecule has 0 aromatic carbocycles. The van der Waals surface area contributed by atoms with Gasteiger partial charge in [-0.3, -0.25) is 0 Å². The lowest BCUT2D eigenvalue weighted by Gasteiger charge is -2.03. The second-order valence-corrected chi connectivity index (χ2v) is 4.31. The maximum absolute atomic E-state index is 5.26. The van der Waals surface area contributed by atoms with Gasteiger partial charge in [0.25, 0.3) is 0 Å². The van der Waals surface area contributed by atoms with E-state index in [4.69, 9.17) is 4.52 Å². The van der Waals surface area contributed by atoms with Crippen LogP contribution < -0.4 is 0 Å². The summed E-state index contributed by atoms with van der Waals surface area (Å²) in [4.78, 5) is 4.45. The molecular weight excluding hydrogens is 176 g/mol. The standard InChI is InChI=1S/C11H18N2O/c1-3-4-5-8(2)11-12-10(13-14-11)9-6-7-9/h8-9H,3-7H2,1-2H3. The average molecular weight is 194 g/mol. The van der Waals surface area contributed by atoms with Gasteiger partial charge in [0, 0.05) is 11.8 Å². The molecule has 1 atom stereocenters. The van der Waals surface area contributed by atoms with Crippen molar-refractivity contribution < 1.29 is 4.52 Å². The molecule has 0 aliphatic heterocycles. The van der Waals surface area contributed by atoms with E-state index in [1.165, 1.54) is 25.7 Å². The predicted octanol–water partition coefficient (Wildman–Crippen LogP) is 3.24. The van der Waals surface area contributed by atoms with E-state index in [0.717, 1.165) is 18.1 Å². The summed E-state index contributed by atoms with van der Waals surface area (Å²) < 4.78 is 5.26. The Morgan fingerprint density at radius 1 is 1.50 bits per heavy atom. The molecule has 1 fully saturated rings. The van der Waals surface area contributed by atoms with Gasteiger partial charge in [-0.2, -0.15) is 4.98 Å². The molecule has 0 amide bonds. The fraction of sp³-hybridized carbons (Fsp3) is 0.818. The molecule has 0 N–H and O–H groups in total. The van der Waals surface area contributed by atoms with Gasteiger partial charge in [-0.25, -0.2) is 0 Å². The average Bonchev–Trinajstić information content (AvgIpc) is 2.93. The van der Waals surface area contributed by atoms with Crippen LogP contribution >= 0.6 is 0 Å². The molecule has 0 spiro atoms. The number of hydrogen-bond donors (Lipinski definition) is 0. The first kappa shape index (κ1) is 9.69. The van der Waals surface area contributed by atoms with E-state index in [-0.39, 0.29) is 0 Å². The van der Waals surface area contributed by atoms with E-state index in [9.17, 15) is 0 Å². The number of rotatable bonds is 5. The largest absolute Gasteiger partial charge is 0.339 e. The Hall–Kier alpha value is -0.860. The molecule has 0 saturated heterocycles. The molecule has 1 aliphatic rings. The van der Waals surface area contributed by atoms with Gasteiger partial charge in [-0.05, 0) is 19.3 Å². The van der Waals surface area contributed by atoms with Gasteiger partial charge in [0.2, 0.25) is 5.89 Å². The Morgan fingerprint density at radius 3 is 2.93 bits per heavy atom. The summed E-state index contributed by atoms with van der Waals surface area (Å²) in [5.74, 6) is 2.80. The zero-order chi connectivity index (χ0) is 9.97. The molecule has 1 saturated carbocycles. The molecule has 0 bridgehead atoms. The van der Waals surface area contributed by atoms with Gasteiger partial charge < -0.3 is 4.52 Å².